The Morgan fingerprint density at radius 2 is 1.78 bits per heavy atom. The van der Waals surface area contributed by atoms with Crippen molar-refractivity contribution in [3.8, 4) is 0 Å². The van der Waals surface area contributed by atoms with E-state index in [1.807, 2.05) is 0 Å². The van der Waals surface area contributed by atoms with Crippen LogP contribution in [0.4, 0.5) is 0 Å². The molecule has 0 saturated carbocycles. The molecule has 3 nitrogen and oxygen atoms in total. The fourth-order valence-corrected chi connectivity index (χ4v) is 1.63. The van der Waals surface area contributed by atoms with Gasteiger partial charge in [0.25, 0.3) is 0 Å². The zero-order chi connectivity index (χ0) is 13.9. The molecule has 1 unspecified atom stereocenters. The number of esters is 1. The quantitative estimate of drug-likeness (QED) is 0.486. The first-order valence-corrected chi connectivity index (χ1v) is 6.64. The molecule has 1 aromatic carbocycles. The summed E-state index contributed by atoms with van der Waals surface area (Å²) in [6.45, 7) is 7.17. The highest BCUT2D eigenvalue weighted by atomic mass is 79.9. The van der Waals surface area contributed by atoms with Crippen LogP contribution in [0.15, 0.2) is 24.3 Å². The third kappa shape index (κ3) is 4.26. The van der Waals surface area contributed by atoms with Crippen molar-refractivity contribution in [2.45, 2.75) is 38.1 Å². The molecule has 0 N–H and O–H groups in total. The molecule has 1 aromatic rings. The second-order valence-corrected chi connectivity index (χ2v) is 6.44. The van der Waals surface area contributed by atoms with E-state index in [1.165, 1.54) is 0 Å². The number of alkyl halides is 1. The van der Waals surface area contributed by atoms with Gasteiger partial charge in [0, 0.05) is 5.56 Å². The molecule has 4 heteroatoms. The van der Waals surface area contributed by atoms with Crippen LogP contribution in [0.2, 0.25) is 0 Å². The predicted octanol–water partition coefficient (Wildman–Crippen LogP) is 3.61. The molecule has 0 saturated heterocycles. The zero-order valence-electron chi connectivity index (χ0n) is 11.0. The Kier molecular flexibility index (Phi) is 4.68. The lowest BCUT2D eigenvalue weighted by atomic mass is 10.1. The minimum absolute atomic E-state index is 0.0552. The minimum atomic E-state index is -0.542. The smallest absolute Gasteiger partial charge is 0.338 e. The lowest BCUT2D eigenvalue weighted by molar-refractivity contribution is 0.00695. The number of ether oxygens (including phenoxy) is 1. The van der Waals surface area contributed by atoms with Gasteiger partial charge in [0.05, 0.1) is 10.4 Å². The molecule has 0 radical (unpaired) electrons. The van der Waals surface area contributed by atoms with E-state index in [0.29, 0.717) is 11.1 Å². The van der Waals surface area contributed by atoms with E-state index in [2.05, 4.69) is 15.9 Å². The van der Waals surface area contributed by atoms with Crippen LogP contribution in [0, 0.1) is 0 Å². The highest BCUT2D eigenvalue weighted by Gasteiger charge is 2.19. The Balaban J connectivity index is 2.96. The zero-order valence-corrected chi connectivity index (χ0v) is 12.6. The van der Waals surface area contributed by atoms with Crippen LogP contribution in [0.25, 0.3) is 0 Å². The second kappa shape index (κ2) is 5.65. The van der Waals surface area contributed by atoms with Crippen LogP contribution in [-0.4, -0.2) is 22.2 Å². The van der Waals surface area contributed by atoms with Gasteiger partial charge in [0.15, 0.2) is 5.78 Å². The third-order valence-corrected chi connectivity index (χ3v) is 2.56. The molecule has 1 atom stereocenters. The molecule has 0 fully saturated rings. The summed E-state index contributed by atoms with van der Waals surface area (Å²) in [5, 5.41) is 0. The fraction of sp³-hybridized carbons (Fsp3) is 0.429. The maximum atomic E-state index is 11.9. The Hall–Kier alpha value is -1.16. The van der Waals surface area contributed by atoms with Gasteiger partial charge in [-0.3, -0.25) is 4.79 Å². The van der Waals surface area contributed by atoms with Crippen LogP contribution in [-0.2, 0) is 4.74 Å². The Labute approximate surface area is 116 Å². The number of carbonyl (C=O) groups is 2. The molecule has 0 aliphatic carbocycles. The average Bonchev–Trinajstić information content (AvgIpc) is 2.25. The fourth-order valence-electron chi connectivity index (χ4n) is 1.37. The highest BCUT2D eigenvalue weighted by molar-refractivity contribution is 9.10. The number of rotatable bonds is 3. The molecule has 18 heavy (non-hydrogen) atoms. The molecule has 98 valence electrons. The molecular weight excluding hydrogens is 296 g/mol. The van der Waals surface area contributed by atoms with Gasteiger partial charge < -0.3 is 4.74 Å². The number of ketones is 1. The molecule has 1 rings (SSSR count). The van der Waals surface area contributed by atoms with E-state index in [4.69, 9.17) is 4.74 Å². The first-order chi connectivity index (χ1) is 8.20. The summed E-state index contributed by atoms with van der Waals surface area (Å²) in [5.74, 6) is -0.472. The van der Waals surface area contributed by atoms with Crippen LogP contribution in [0.3, 0.4) is 0 Å². The van der Waals surface area contributed by atoms with Crippen LogP contribution < -0.4 is 0 Å². The molecule has 0 spiro atoms. The largest absolute Gasteiger partial charge is 0.456 e. The van der Waals surface area contributed by atoms with Gasteiger partial charge in [-0.2, -0.15) is 0 Å². The van der Waals surface area contributed by atoms with Gasteiger partial charge in [-0.05, 0) is 39.8 Å². The van der Waals surface area contributed by atoms with E-state index in [0.717, 1.165) is 0 Å². The van der Waals surface area contributed by atoms with Gasteiger partial charge >= 0.3 is 5.97 Å². The summed E-state index contributed by atoms with van der Waals surface area (Å²) in [7, 11) is 0. The molecule has 0 aromatic heterocycles. The lowest BCUT2D eigenvalue weighted by Crippen LogP contribution is -2.24. The van der Waals surface area contributed by atoms with Crippen molar-refractivity contribution >= 4 is 27.7 Å². The Morgan fingerprint density at radius 1 is 1.22 bits per heavy atom. The van der Waals surface area contributed by atoms with Crippen LogP contribution in [0.5, 0.6) is 0 Å². The van der Waals surface area contributed by atoms with Gasteiger partial charge in [-0.25, -0.2) is 4.79 Å². The van der Waals surface area contributed by atoms with Crippen LogP contribution >= 0.6 is 15.9 Å². The summed E-state index contributed by atoms with van der Waals surface area (Å²) in [4.78, 5) is 23.4. The van der Waals surface area contributed by atoms with E-state index in [1.54, 1.807) is 52.0 Å². The van der Waals surface area contributed by atoms with Gasteiger partial charge in [-0.15, -0.1) is 0 Å². The van der Waals surface area contributed by atoms with E-state index >= 15 is 0 Å². The third-order valence-electron chi connectivity index (χ3n) is 2.14. The number of benzene rings is 1. The van der Waals surface area contributed by atoms with Crippen molar-refractivity contribution in [1.29, 1.82) is 0 Å². The summed E-state index contributed by atoms with van der Waals surface area (Å²) >= 11 is 3.22. The summed E-state index contributed by atoms with van der Waals surface area (Å²) < 4.78 is 5.26. The molecule has 0 bridgehead atoms. The van der Waals surface area contributed by atoms with Crippen molar-refractivity contribution in [2.75, 3.05) is 0 Å². The Morgan fingerprint density at radius 3 is 2.28 bits per heavy atom. The first-order valence-electron chi connectivity index (χ1n) is 5.72. The maximum Gasteiger partial charge on any atom is 0.338 e. The van der Waals surface area contributed by atoms with E-state index < -0.39 is 11.6 Å². The van der Waals surface area contributed by atoms with Crippen molar-refractivity contribution in [1.82, 2.24) is 0 Å². The van der Waals surface area contributed by atoms with Crippen molar-refractivity contribution in [3.05, 3.63) is 35.4 Å². The van der Waals surface area contributed by atoms with Crippen molar-refractivity contribution < 1.29 is 14.3 Å². The molecule has 0 aliphatic heterocycles. The summed E-state index contributed by atoms with van der Waals surface area (Å²) in [5.41, 5.74) is 0.353. The van der Waals surface area contributed by atoms with Crippen molar-refractivity contribution in [2.24, 2.45) is 0 Å². The highest BCUT2D eigenvalue weighted by Crippen LogP contribution is 2.15. The predicted molar refractivity (Wildman–Crippen MR) is 74.3 cm³/mol. The first kappa shape index (κ1) is 14.9. The SMILES string of the molecule is CC(Br)C(=O)c1cccc(C(=O)OC(C)(C)C)c1. The maximum absolute atomic E-state index is 11.9. The van der Waals surface area contributed by atoms with Crippen LogP contribution in [0.1, 0.15) is 48.4 Å². The average molecular weight is 313 g/mol. The van der Waals surface area contributed by atoms with E-state index in [9.17, 15) is 9.59 Å². The van der Waals surface area contributed by atoms with Crippen molar-refractivity contribution in [3.63, 3.8) is 0 Å². The lowest BCUT2D eigenvalue weighted by Gasteiger charge is -2.19. The standard InChI is InChI=1S/C14H17BrO3/c1-9(15)12(16)10-6-5-7-11(8-10)13(17)18-14(2,3)4/h5-9H,1-4H3. The summed E-state index contributed by atoms with van der Waals surface area (Å²) in [6, 6.07) is 6.58. The molecule has 0 heterocycles. The molecule has 0 aliphatic rings. The summed E-state index contributed by atoms with van der Waals surface area (Å²) in [6.07, 6.45) is 0. The van der Waals surface area contributed by atoms with Gasteiger partial charge in [-0.1, -0.05) is 28.1 Å². The number of Topliss-reactive ketones (excluding diaryl/α,β-unsaturated/α-hetero) is 1. The number of hydrogen-bond donors (Lipinski definition) is 0. The molecular formula is C14H17BrO3. The normalized spacial score (nSPS) is 12.9. The molecule has 0 amide bonds. The topological polar surface area (TPSA) is 43.4 Å². The number of halogens is 1. The second-order valence-electron chi connectivity index (χ2n) is 5.06. The number of hydrogen-bond acceptors (Lipinski definition) is 3. The van der Waals surface area contributed by atoms with E-state index in [-0.39, 0.29) is 10.6 Å². The van der Waals surface area contributed by atoms with Gasteiger partial charge in [0.2, 0.25) is 0 Å². The Bertz CT molecular complexity index is 458. The minimum Gasteiger partial charge on any atom is -0.456 e. The monoisotopic (exact) mass is 312 g/mol. The number of carbonyl (C=O) groups excluding carboxylic acids is 2. The van der Waals surface area contributed by atoms with Gasteiger partial charge in [0.1, 0.15) is 5.60 Å².